The van der Waals surface area contributed by atoms with Gasteiger partial charge in [0.15, 0.2) is 11.5 Å². The standard InChI is InChI=1S/C24H27N3O4/c1-16-3-4-17(2)19(11-16)20-13-21(18-5-6-22-23(12-18)31-15-30-22)27(25-20)24(28)14-26-7-9-29-10-8-26/h3-6,11-12,21H,7-10,13-15H2,1-2H3/t21-/m0/s1. The van der Waals surface area contributed by atoms with E-state index in [1.807, 2.05) is 18.2 Å². The first-order chi connectivity index (χ1) is 15.1. The Labute approximate surface area is 182 Å². The highest BCUT2D eigenvalue weighted by Crippen LogP contribution is 2.39. The predicted molar refractivity (Wildman–Crippen MR) is 116 cm³/mol. The van der Waals surface area contributed by atoms with E-state index in [0.29, 0.717) is 26.2 Å². The lowest BCUT2D eigenvalue weighted by Gasteiger charge is -2.29. The number of hydrogen-bond acceptors (Lipinski definition) is 6. The fourth-order valence-corrected chi connectivity index (χ4v) is 4.35. The van der Waals surface area contributed by atoms with Crippen LogP contribution >= 0.6 is 0 Å². The van der Waals surface area contributed by atoms with Gasteiger partial charge in [-0.05, 0) is 43.2 Å². The van der Waals surface area contributed by atoms with Gasteiger partial charge >= 0.3 is 0 Å². The van der Waals surface area contributed by atoms with Gasteiger partial charge in [0.05, 0.1) is 31.5 Å². The normalized spacial score (nSPS) is 20.8. The van der Waals surface area contributed by atoms with Crippen LogP contribution in [0.5, 0.6) is 11.5 Å². The maximum absolute atomic E-state index is 13.3. The van der Waals surface area contributed by atoms with Gasteiger partial charge in [0, 0.05) is 25.1 Å². The van der Waals surface area contributed by atoms with E-state index in [1.54, 1.807) is 5.01 Å². The number of rotatable bonds is 4. The van der Waals surface area contributed by atoms with E-state index in [-0.39, 0.29) is 18.7 Å². The first-order valence-electron chi connectivity index (χ1n) is 10.8. The highest BCUT2D eigenvalue weighted by atomic mass is 16.7. The summed E-state index contributed by atoms with van der Waals surface area (Å²) >= 11 is 0. The molecule has 1 atom stereocenters. The molecule has 7 nitrogen and oxygen atoms in total. The minimum Gasteiger partial charge on any atom is -0.454 e. The second-order valence-electron chi connectivity index (χ2n) is 8.32. The first kappa shape index (κ1) is 20.0. The summed E-state index contributed by atoms with van der Waals surface area (Å²) in [4.78, 5) is 15.5. The van der Waals surface area contributed by atoms with Crippen molar-refractivity contribution >= 4 is 11.6 Å². The fraction of sp³-hybridized carbons (Fsp3) is 0.417. The Balaban J connectivity index is 1.46. The number of carbonyl (C=O) groups excluding carboxylic acids is 1. The number of aryl methyl sites for hydroxylation is 2. The van der Waals surface area contributed by atoms with Gasteiger partial charge in [-0.1, -0.05) is 23.8 Å². The smallest absolute Gasteiger partial charge is 0.257 e. The fourth-order valence-electron chi connectivity index (χ4n) is 4.35. The Morgan fingerprint density at radius 2 is 1.87 bits per heavy atom. The van der Waals surface area contributed by atoms with E-state index in [0.717, 1.165) is 47.0 Å². The Morgan fingerprint density at radius 1 is 1.06 bits per heavy atom. The van der Waals surface area contributed by atoms with Crippen molar-refractivity contribution in [2.24, 2.45) is 5.10 Å². The summed E-state index contributed by atoms with van der Waals surface area (Å²) in [5, 5.41) is 6.52. The van der Waals surface area contributed by atoms with Crippen molar-refractivity contribution in [2.45, 2.75) is 26.3 Å². The number of amides is 1. The van der Waals surface area contributed by atoms with E-state index < -0.39 is 0 Å². The van der Waals surface area contributed by atoms with Crippen LogP contribution < -0.4 is 9.47 Å². The summed E-state index contributed by atoms with van der Waals surface area (Å²) in [5.74, 6) is 1.46. The molecule has 1 amide bonds. The zero-order valence-corrected chi connectivity index (χ0v) is 18.0. The van der Waals surface area contributed by atoms with Crippen LogP contribution in [0.15, 0.2) is 41.5 Å². The van der Waals surface area contributed by atoms with Crippen molar-refractivity contribution < 1.29 is 19.0 Å². The average Bonchev–Trinajstić information content (AvgIpc) is 3.43. The van der Waals surface area contributed by atoms with Crippen LogP contribution in [-0.4, -0.2) is 61.2 Å². The van der Waals surface area contributed by atoms with Crippen LogP contribution in [0.25, 0.3) is 0 Å². The molecule has 0 radical (unpaired) electrons. The molecule has 0 saturated carbocycles. The van der Waals surface area contributed by atoms with Crippen molar-refractivity contribution in [2.75, 3.05) is 39.6 Å². The van der Waals surface area contributed by atoms with Gasteiger partial charge < -0.3 is 14.2 Å². The van der Waals surface area contributed by atoms with Gasteiger partial charge in [-0.3, -0.25) is 9.69 Å². The molecule has 0 unspecified atom stereocenters. The zero-order chi connectivity index (χ0) is 21.4. The zero-order valence-electron chi connectivity index (χ0n) is 18.0. The molecule has 5 rings (SSSR count). The average molecular weight is 421 g/mol. The molecular formula is C24H27N3O4. The SMILES string of the molecule is Cc1ccc(C)c(C2=NN(C(=O)CN3CCOCC3)[C@H](c3ccc4c(c3)OCO4)C2)c1. The molecule has 3 aliphatic heterocycles. The van der Waals surface area contributed by atoms with E-state index >= 15 is 0 Å². The van der Waals surface area contributed by atoms with Crippen molar-refractivity contribution in [3.8, 4) is 11.5 Å². The Hall–Kier alpha value is -2.90. The Kier molecular flexibility index (Phi) is 5.38. The van der Waals surface area contributed by atoms with Crippen LogP contribution in [0, 0.1) is 13.8 Å². The van der Waals surface area contributed by atoms with Crippen LogP contribution in [0.2, 0.25) is 0 Å². The minimum absolute atomic E-state index is 0.00451. The third-order valence-corrected chi connectivity index (χ3v) is 6.11. The summed E-state index contributed by atoms with van der Waals surface area (Å²) in [6, 6.07) is 12.1. The molecule has 0 N–H and O–H groups in total. The first-order valence-corrected chi connectivity index (χ1v) is 10.8. The van der Waals surface area contributed by atoms with Crippen LogP contribution in [0.1, 0.15) is 34.7 Å². The third kappa shape index (κ3) is 4.03. The van der Waals surface area contributed by atoms with Gasteiger partial charge in [-0.25, -0.2) is 5.01 Å². The summed E-state index contributed by atoms with van der Waals surface area (Å²) in [7, 11) is 0. The van der Waals surface area contributed by atoms with Gasteiger partial charge in [-0.2, -0.15) is 5.10 Å². The number of ether oxygens (including phenoxy) is 3. The van der Waals surface area contributed by atoms with Crippen molar-refractivity contribution in [1.82, 2.24) is 9.91 Å². The molecule has 31 heavy (non-hydrogen) atoms. The molecule has 0 spiro atoms. The molecule has 162 valence electrons. The van der Waals surface area contributed by atoms with Crippen LogP contribution in [0.3, 0.4) is 0 Å². The van der Waals surface area contributed by atoms with Crippen molar-refractivity contribution in [3.63, 3.8) is 0 Å². The number of hydrazone groups is 1. The molecule has 0 bridgehead atoms. The maximum Gasteiger partial charge on any atom is 0.257 e. The second-order valence-corrected chi connectivity index (χ2v) is 8.32. The Morgan fingerprint density at radius 3 is 2.71 bits per heavy atom. The third-order valence-electron chi connectivity index (χ3n) is 6.11. The molecular weight excluding hydrogens is 394 g/mol. The topological polar surface area (TPSA) is 63.6 Å². The number of carbonyl (C=O) groups is 1. The number of nitrogens with zero attached hydrogens (tertiary/aromatic N) is 3. The summed E-state index contributed by atoms with van der Waals surface area (Å²) in [5.41, 5.74) is 5.40. The Bertz CT molecular complexity index is 1030. The molecule has 2 aromatic rings. The molecule has 0 aromatic heterocycles. The van der Waals surface area contributed by atoms with E-state index in [1.165, 1.54) is 5.56 Å². The molecule has 1 fully saturated rings. The van der Waals surface area contributed by atoms with Gasteiger partial charge in [0.25, 0.3) is 5.91 Å². The highest BCUT2D eigenvalue weighted by molar-refractivity contribution is 6.04. The van der Waals surface area contributed by atoms with E-state index in [9.17, 15) is 4.79 Å². The summed E-state index contributed by atoms with van der Waals surface area (Å²) < 4.78 is 16.5. The second kappa shape index (κ2) is 8.32. The molecule has 3 heterocycles. The number of hydrogen-bond donors (Lipinski definition) is 0. The predicted octanol–water partition coefficient (Wildman–Crippen LogP) is 3.04. The summed E-state index contributed by atoms with van der Waals surface area (Å²) in [6.45, 7) is 7.59. The van der Waals surface area contributed by atoms with Crippen molar-refractivity contribution in [3.05, 3.63) is 58.7 Å². The largest absolute Gasteiger partial charge is 0.454 e. The number of benzene rings is 2. The maximum atomic E-state index is 13.3. The lowest BCUT2D eigenvalue weighted by molar-refractivity contribution is -0.135. The molecule has 2 aromatic carbocycles. The van der Waals surface area contributed by atoms with E-state index in [2.05, 4.69) is 36.9 Å². The number of morpholine rings is 1. The highest BCUT2D eigenvalue weighted by Gasteiger charge is 2.35. The molecule has 3 aliphatic rings. The van der Waals surface area contributed by atoms with Crippen LogP contribution in [-0.2, 0) is 9.53 Å². The van der Waals surface area contributed by atoms with Gasteiger partial charge in [0.1, 0.15) is 0 Å². The summed E-state index contributed by atoms with van der Waals surface area (Å²) in [6.07, 6.45) is 0.665. The lowest BCUT2D eigenvalue weighted by Crippen LogP contribution is -2.43. The molecule has 7 heteroatoms. The van der Waals surface area contributed by atoms with Crippen LogP contribution in [0.4, 0.5) is 0 Å². The van der Waals surface area contributed by atoms with Gasteiger partial charge in [-0.15, -0.1) is 0 Å². The minimum atomic E-state index is -0.169. The molecule has 0 aliphatic carbocycles. The molecule has 1 saturated heterocycles. The van der Waals surface area contributed by atoms with Crippen molar-refractivity contribution in [1.29, 1.82) is 0 Å². The van der Waals surface area contributed by atoms with E-state index in [4.69, 9.17) is 19.3 Å². The number of fused-ring (bicyclic) bond motifs is 1. The monoisotopic (exact) mass is 421 g/mol. The van der Waals surface area contributed by atoms with Gasteiger partial charge in [0.2, 0.25) is 6.79 Å². The lowest BCUT2D eigenvalue weighted by atomic mass is 9.95. The quantitative estimate of drug-likeness (QED) is 0.759.